The van der Waals surface area contributed by atoms with E-state index in [9.17, 15) is 0 Å². The summed E-state index contributed by atoms with van der Waals surface area (Å²) < 4.78 is 7.31. The van der Waals surface area contributed by atoms with E-state index in [2.05, 4.69) is 46.3 Å². The van der Waals surface area contributed by atoms with Gasteiger partial charge >= 0.3 is 0 Å². The van der Waals surface area contributed by atoms with Crippen LogP contribution in [0, 0.1) is 0 Å². The first-order valence-corrected chi connectivity index (χ1v) is 8.32. The van der Waals surface area contributed by atoms with Gasteiger partial charge in [0.05, 0.1) is 0 Å². The first-order chi connectivity index (χ1) is 10.2. The van der Waals surface area contributed by atoms with E-state index in [4.69, 9.17) is 10.5 Å². The summed E-state index contributed by atoms with van der Waals surface area (Å²) in [6.45, 7) is 0. The lowest BCUT2D eigenvalue weighted by molar-refractivity contribution is 0.160. The van der Waals surface area contributed by atoms with Crippen molar-refractivity contribution in [1.82, 2.24) is 0 Å². The Bertz CT molecular complexity index is 681. The van der Waals surface area contributed by atoms with Crippen LogP contribution in [0.25, 0.3) is 0 Å². The molecule has 1 fully saturated rings. The summed E-state index contributed by atoms with van der Waals surface area (Å²) in [7, 11) is 0. The van der Waals surface area contributed by atoms with Crippen molar-refractivity contribution in [2.75, 3.05) is 0 Å². The summed E-state index contributed by atoms with van der Waals surface area (Å²) in [5.74, 6) is 1.65. The van der Waals surface area contributed by atoms with Crippen LogP contribution in [0.3, 0.4) is 0 Å². The second-order valence-electron chi connectivity index (χ2n) is 6.03. The molecule has 108 valence electrons. The van der Waals surface area contributed by atoms with Crippen molar-refractivity contribution in [3.05, 3.63) is 63.6 Å². The average molecular weight is 344 g/mol. The maximum absolute atomic E-state index is 6.38. The number of halogens is 1. The van der Waals surface area contributed by atoms with Gasteiger partial charge in [-0.3, -0.25) is 0 Å². The Hall–Kier alpha value is -1.32. The van der Waals surface area contributed by atoms with Crippen molar-refractivity contribution in [2.45, 2.75) is 37.3 Å². The van der Waals surface area contributed by atoms with E-state index in [1.54, 1.807) is 0 Å². The fraction of sp³-hybridized carbons (Fsp3) is 0.333. The minimum atomic E-state index is 0.0310. The van der Waals surface area contributed by atoms with Crippen LogP contribution in [0.5, 0.6) is 5.75 Å². The van der Waals surface area contributed by atoms with E-state index < -0.39 is 0 Å². The van der Waals surface area contributed by atoms with Gasteiger partial charge in [0.15, 0.2) is 0 Å². The Labute approximate surface area is 133 Å². The van der Waals surface area contributed by atoms with E-state index in [0.717, 1.165) is 28.1 Å². The van der Waals surface area contributed by atoms with Crippen LogP contribution in [0.4, 0.5) is 0 Å². The zero-order valence-corrected chi connectivity index (χ0v) is 13.3. The van der Waals surface area contributed by atoms with Gasteiger partial charge in [0.25, 0.3) is 0 Å². The van der Waals surface area contributed by atoms with Crippen LogP contribution in [0.2, 0.25) is 0 Å². The molecule has 2 N–H and O–H groups in total. The van der Waals surface area contributed by atoms with Crippen LogP contribution < -0.4 is 10.5 Å². The third-order valence-electron chi connectivity index (χ3n) is 4.47. The average Bonchev–Trinajstić information content (AvgIpc) is 3.32. The lowest BCUT2D eigenvalue weighted by atomic mass is 9.90. The third kappa shape index (κ3) is 2.49. The highest BCUT2D eigenvalue weighted by Crippen LogP contribution is 2.47. The summed E-state index contributed by atoms with van der Waals surface area (Å²) in [6, 6.07) is 14.8. The van der Waals surface area contributed by atoms with Crippen LogP contribution in [0.1, 0.15) is 54.0 Å². The molecule has 1 saturated carbocycles. The zero-order valence-electron chi connectivity index (χ0n) is 11.8. The highest BCUT2D eigenvalue weighted by Gasteiger charge is 2.32. The maximum atomic E-state index is 6.38. The summed E-state index contributed by atoms with van der Waals surface area (Å²) in [4.78, 5) is 0. The van der Waals surface area contributed by atoms with Crippen LogP contribution in [-0.4, -0.2) is 0 Å². The van der Waals surface area contributed by atoms with Gasteiger partial charge in [0.1, 0.15) is 11.9 Å². The molecule has 1 aliphatic carbocycles. The summed E-state index contributed by atoms with van der Waals surface area (Å²) in [5, 5.41) is 0. The molecule has 2 nitrogen and oxygen atoms in total. The second kappa shape index (κ2) is 5.15. The SMILES string of the molecule is N[C@@H]1CC(c2ccccc2C2CC2)Oc2ccc(Br)cc21. The van der Waals surface area contributed by atoms with Crippen LogP contribution in [-0.2, 0) is 0 Å². The number of fused-ring (bicyclic) bond motifs is 1. The van der Waals surface area contributed by atoms with Gasteiger partial charge in [-0.1, -0.05) is 40.2 Å². The largest absolute Gasteiger partial charge is 0.485 e. The van der Waals surface area contributed by atoms with E-state index >= 15 is 0 Å². The van der Waals surface area contributed by atoms with Gasteiger partial charge in [-0.2, -0.15) is 0 Å². The molecular formula is C18H18BrNO. The van der Waals surface area contributed by atoms with Crippen molar-refractivity contribution in [1.29, 1.82) is 0 Å². The van der Waals surface area contributed by atoms with Crippen LogP contribution >= 0.6 is 15.9 Å². The van der Waals surface area contributed by atoms with E-state index in [-0.39, 0.29) is 12.1 Å². The molecule has 2 aromatic carbocycles. The van der Waals surface area contributed by atoms with Crippen molar-refractivity contribution < 1.29 is 4.74 Å². The molecule has 0 amide bonds. The molecule has 0 spiro atoms. The number of hydrogen-bond donors (Lipinski definition) is 1. The number of nitrogens with two attached hydrogens (primary N) is 1. The molecule has 1 unspecified atom stereocenters. The van der Waals surface area contributed by atoms with Gasteiger partial charge in [-0.05, 0) is 48.1 Å². The molecule has 3 heteroatoms. The lowest BCUT2D eigenvalue weighted by Gasteiger charge is -2.31. The number of ether oxygens (including phenoxy) is 1. The summed E-state index contributed by atoms with van der Waals surface area (Å²) in [6.07, 6.45) is 3.52. The quantitative estimate of drug-likeness (QED) is 0.845. The Kier molecular flexibility index (Phi) is 3.27. The van der Waals surface area contributed by atoms with Crippen molar-refractivity contribution in [2.24, 2.45) is 5.73 Å². The molecular weight excluding hydrogens is 326 g/mol. The standard InChI is InChI=1S/C18H18BrNO/c19-12-7-8-17-15(9-12)16(20)10-18(21-17)14-4-2-1-3-13(14)11-5-6-11/h1-4,7-9,11,16,18H,5-6,10,20H2/t16-,18?/m1/s1. The molecule has 0 radical (unpaired) electrons. The van der Waals surface area contributed by atoms with Crippen molar-refractivity contribution in [3.8, 4) is 5.75 Å². The van der Waals surface area contributed by atoms with Gasteiger partial charge in [0, 0.05) is 22.5 Å². The van der Waals surface area contributed by atoms with E-state index in [0.29, 0.717) is 0 Å². The van der Waals surface area contributed by atoms with Crippen molar-refractivity contribution in [3.63, 3.8) is 0 Å². The minimum absolute atomic E-state index is 0.0310. The predicted octanol–water partition coefficient (Wildman–Crippen LogP) is 4.85. The van der Waals surface area contributed by atoms with E-state index in [1.165, 1.54) is 24.0 Å². The number of benzene rings is 2. The molecule has 1 aliphatic heterocycles. The van der Waals surface area contributed by atoms with Gasteiger partial charge in [-0.15, -0.1) is 0 Å². The van der Waals surface area contributed by atoms with Crippen LogP contribution in [0.15, 0.2) is 46.9 Å². The zero-order chi connectivity index (χ0) is 14.4. The second-order valence-corrected chi connectivity index (χ2v) is 6.95. The Morgan fingerprint density at radius 3 is 2.52 bits per heavy atom. The van der Waals surface area contributed by atoms with Gasteiger partial charge in [0.2, 0.25) is 0 Å². The fourth-order valence-corrected chi connectivity index (χ4v) is 3.61. The van der Waals surface area contributed by atoms with Gasteiger partial charge in [-0.25, -0.2) is 0 Å². The number of rotatable bonds is 2. The van der Waals surface area contributed by atoms with E-state index in [1.807, 2.05) is 12.1 Å². The normalized spacial score (nSPS) is 24.3. The molecule has 0 aromatic heterocycles. The third-order valence-corrected chi connectivity index (χ3v) is 4.96. The maximum Gasteiger partial charge on any atom is 0.126 e. The molecule has 2 aromatic rings. The highest BCUT2D eigenvalue weighted by atomic mass is 79.9. The predicted molar refractivity (Wildman–Crippen MR) is 87.5 cm³/mol. The Balaban J connectivity index is 1.71. The Morgan fingerprint density at radius 1 is 1.00 bits per heavy atom. The van der Waals surface area contributed by atoms with Crippen molar-refractivity contribution >= 4 is 15.9 Å². The summed E-state index contributed by atoms with van der Waals surface area (Å²) in [5.41, 5.74) is 10.3. The molecule has 0 bridgehead atoms. The first kappa shape index (κ1) is 13.4. The smallest absolute Gasteiger partial charge is 0.126 e. The molecule has 21 heavy (non-hydrogen) atoms. The topological polar surface area (TPSA) is 35.2 Å². The summed E-state index contributed by atoms with van der Waals surface area (Å²) >= 11 is 3.51. The fourth-order valence-electron chi connectivity index (χ4n) is 3.24. The molecule has 4 rings (SSSR count). The number of hydrogen-bond acceptors (Lipinski definition) is 2. The highest BCUT2D eigenvalue weighted by molar-refractivity contribution is 9.10. The molecule has 0 saturated heterocycles. The molecule has 1 heterocycles. The lowest BCUT2D eigenvalue weighted by Crippen LogP contribution is -2.24. The minimum Gasteiger partial charge on any atom is -0.485 e. The molecule has 2 aliphatic rings. The molecule has 2 atom stereocenters. The monoisotopic (exact) mass is 343 g/mol. The Morgan fingerprint density at radius 2 is 1.76 bits per heavy atom. The van der Waals surface area contributed by atoms with Gasteiger partial charge < -0.3 is 10.5 Å². The first-order valence-electron chi connectivity index (χ1n) is 7.53.